The molecule has 0 radical (unpaired) electrons. The smallest absolute Gasteiger partial charge is 0.306 e. The first kappa shape index (κ1) is 19.1. The fraction of sp³-hybridized carbons (Fsp3) is 0.727. The first-order valence-corrected chi connectivity index (χ1v) is 12.6. The van der Waals surface area contributed by atoms with Crippen molar-refractivity contribution in [3.8, 4) is 0 Å². The molecule has 0 unspecified atom stereocenters. The van der Waals surface area contributed by atoms with Gasteiger partial charge in [0.1, 0.15) is 11.2 Å². The Morgan fingerprint density at radius 2 is 1.04 bits per heavy atom. The zero-order valence-corrected chi connectivity index (χ0v) is 17.9. The lowest BCUT2D eigenvalue weighted by molar-refractivity contribution is -0.152. The Morgan fingerprint density at radius 3 is 1.43 bits per heavy atom. The minimum atomic E-state index is -0.126. The number of ether oxygens (including phenoxy) is 2. The molecule has 0 bridgehead atoms. The van der Waals surface area contributed by atoms with Crippen LogP contribution in [0, 0.1) is 23.7 Å². The van der Waals surface area contributed by atoms with Gasteiger partial charge in [-0.1, -0.05) is 24.3 Å². The maximum absolute atomic E-state index is 11.4. The summed E-state index contributed by atoms with van der Waals surface area (Å²) in [6, 6.07) is 0. The van der Waals surface area contributed by atoms with Crippen LogP contribution in [0.25, 0.3) is 0 Å². The maximum atomic E-state index is 11.4. The lowest BCUT2D eigenvalue weighted by Gasteiger charge is -2.38. The first-order valence-electron chi connectivity index (χ1n) is 10.3. The van der Waals surface area contributed by atoms with E-state index in [0.29, 0.717) is 36.5 Å². The number of rotatable bonds is 0. The molecule has 152 valence electrons. The topological polar surface area (TPSA) is 52.6 Å². The zero-order chi connectivity index (χ0) is 19.5. The molecule has 6 rings (SSSR count). The van der Waals surface area contributed by atoms with E-state index in [1.54, 1.807) is 0 Å². The molecule has 4 saturated heterocycles. The third-order valence-corrected chi connectivity index (χ3v) is 10.1. The van der Waals surface area contributed by atoms with Crippen LogP contribution < -0.4 is 0 Å². The summed E-state index contributed by atoms with van der Waals surface area (Å²) < 4.78 is 11.3. The molecule has 0 aromatic carbocycles. The van der Waals surface area contributed by atoms with Crippen LogP contribution in [0.4, 0.5) is 0 Å². The molecular weight excluding hydrogens is 392 g/mol. The van der Waals surface area contributed by atoms with Gasteiger partial charge in [-0.3, -0.25) is 9.59 Å². The Kier molecular flexibility index (Phi) is 4.66. The predicted octanol–water partition coefficient (Wildman–Crippen LogP) is 4.00. The van der Waals surface area contributed by atoms with Crippen molar-refractivity contribution in [2.24, 2.45) is 23.7 Å². The third kappa shape index (κ3) is 2.89. The Morgan fingerprint density at radius 1 is 0.679 bits per heavy atom. The van der Waals surface area contributed by atoms with Crippen LogP contribution in [0.1, 0.15) is 38.5 Å². The molecule has 6 fully saturated rings. The van der Waals surface area contributed by atoms with Gasteiger partial charge in [-0.05, 0) is 12.8 Å². The monoisotopic (exact) mass is 420 g/mol. The first-order chi connectivity index (χ1) is 13.4. The number of hydrogen-bond acceptors (Lipinski definition) is 6. The molecule has 0 aromatic rings. The van der Waals surface area contributed by atoms with E-state index < -0.39 is 0 Å². The number of thioether (sulfide) groups is 2. The molecule has 6 aliphatic rings. The Bertz CT molecular complexity index is 623. The van der Waals surface area contributed by atoms with Crippen molar-refractivity contribution in [1.82, 2.24) is 0 Å². The van der Waals surface area contributed by atoms with Gasteiger partial charge < -0.3 is 9.47 Å². The summed E-state index contributed by atoms with van der Waals surface area (Å²) in [5, 5.41) is 0. The van der Waals surface area contributed by atoms with Gasteiger partial charge in [0.2, 0.25) is 0 Å². The summed E-state index contributed by atoms with van der Waals surface area (Å²) in [7, 11) is 0. The van der Waals surface area contributed by atoms with Crippen molar-refractivity contribution in [2.45, 2.75) is 49.7 Å². The second-order valence-electron chi connectivity index (χ2n) is 9.39. The second kappa shape index (κ2) is 6.83. The molecule has 0 N–H and O–H groups in total. The van der Waals surface area contributed by atoms with E-state index in [1.807, 2.05) is 23.5 Å². The summed E-state index contributed by atoms with van der Waals surface area (Å²) in [4.78, 5) is 22.8. The Balaban J connectivity index is 0.000000122. The van der Waals surface area contributed by atoms with E-state index in [0.717, 1.165) is 48.7 Å². The van der Waals surface area contributed by atoms with Crippen LogP contribution in [-0.2, 0) is 19.1 Å². The largest absolute Gasteiger partial charge is 0.458 e. The van der Waals surface area contributed by atoms with E-state index in [4.69, 9.17) is 9.47 Å². The normalized spacial score (nSPS) is 46.0. The van der Waals surface area contributed by atoms with Gasteiger partial charge in [0.25, 0.3) is 0 Å². The molecule has 0 aromatic heterocycles. The van der Waals surface area contributed by atoms with Crippen molar-refractivity contribution < 1.29 is 19.1 Å². The van der Waals surface area contributed by atoms with Gasteiger partial charge in [0.15, 0.2) is 0 Å². The van der Waals surface area contributed by atoms with Crippen molar-refractivity contribution in [3.63, 3.8) is 0 Å². The highest BCUT2D eigenvalue weighted by molar-refractivity contribution is 7.99. The van der Waals surface area contributed by atoms with Gasteiger partial charge in [0, 0.05) is 59.5 Å². The summed E-state index contributed by atoms with van der Waals surface area (Å²) in [5.74, 6) is 6.50. The van der Waals surface area contributed by atoms with Crippen molar-refractivity contribution in [2.75, 3.05) is 23.0 Å². The van der Waals surface area contributed by atoms with Gasteiger partial charge in [-0.25, -0.2) is 0 Å². The zero-order valence-electron chi connectivity index (χ0n) is 16.2. The minimum Gasteiger partial charge on any atom is -0.458 e. The summed E-state index contributed by atoms with van der Waals surface area (Å²) in [6.45, 7) is 8.12. The molecular formula is C22H28O4S2. The molecule has 2 saturated carbocycles. The highest BCUT2D eigenvalue weighted by Crippen LogP contribution is 2.56. The highest BCUT2D eigenvalue weighted by Gasteiger charge is 2.59. The van der Waals surface area contributed by atoms with Crippen molar-refractivity contribution in [3.05, 3.63) is 24.3 Å². The molecule has 4 heterocycles. The molecule has 2 spiro atoms. The van der Waals surface area contributed by atoms with E-state index in [1.165, 1.54) is 11.1 Å². The lowest BCUT2D eigenvalue weighted by atomic mass is 9.80. The van der Waals surface area contributed by atoms with E-state index >= 15 is 0 Å². The van der Waals surface area contributed by atoms with Gasteiger partial charge in [-0.2, -0.15) is 23.5 Å². The highest BCUT2D eigenvalue weighted by atomic mass is 32.2. The summed E-state index contributed by atoms with van der Waals surface area (Å²) in [6.07, 6.45) is 5.25. The molecule has 28 heavy (non-hydrogen) atoms. The van der Waals surface area contributed by atoms with E-state index in [9.17, 15) is 9.59 Å². The van der Waals surface area contributed by atoms with Crippen LogP contribution in [0.5, 0.6) is 0 Å². The molecule has 4 nitrogen and oxygen atoms in total. The fourth-order valence-electron chi connectivity index (χ4n) is 6.38. The van der Waals surface area contributed by atoms with Crippen molar-refractivity contribution >= 4 is 35.5 Å². The van der Waals surface area contributed by atoms with Crippen LogP contribution >= 0.6 is 23.5 Å². The molecule has 0 amide bonds. The van der Waals surface area contributed by atoms with Crippen LogP contribution in [-0.4, -0.2) is 46.2 Å². The van der Waals surface area contributed by atoms with Crippen molar-refractivity contribution in [1.29, 1.82) is 0 Å². The Labute approximate surface area is 175 Å². The van der Waals surface area contributed by atoms with Crippen LogP contribution in [0.15, 0.2) is 24.3 Å². The minimum absolute atomic E-state index is 0.0113. The number of hydrogen-bond donors (Lipinski definition) is 0. The molecule has 2 aliphatic carbocycles. The second-order valence-corrected chi connectivity index (χ2v) is 11.5. The average molecular weight is 421 g/mol. The standard InChI is InChI=1S/2C11H14O2S/c2*1-7-2-8-5-14-6-9-3-10(12)13-11(8,9)4-7/h2*8-9H,1-6H2/t2*8-,9+,11-/m11/s1. The third-order valence-electron chi connectivity index (χ3n) is 7.60. The van der Waals surface area contributed by atoms with E-state index in [-0.39, 0.29) is 23.1 Å². The molecule has 6 heteroatoms. The number of carbonyl (C=O) groups is 2. The maximum Gasteiger partial charge on any atom is 0.306 e. The van der Waals surface area contributed by atoms with E-state index in [2.05, 4.69) is 13.2 Å². The summed E-state index contributed by atoms with van der Waals surface area (Å²) >= 11 is 3.95. The fourth-order valence-corrected chi connectivity index (χ4v) is 9.39. The predicted molar refractivity (Wildman–Crippen MR) is 112 cm³/mol. The van der Waals surface area contributed by atoms with Gasteiger partial charge >= 0.3 is 11.9 Å². The molecule has 6 atom stereocenters. The van der Waals surface area contributed by atoms with Gasteiger partial charge in [0.05, 0.1) is 12.8 Å². The van der Waals surface area contributed by atoms with Crippen LogP contribution in [0.3, 0.4) is 0 Å². The lowest BCUT2D eigenvalue weighted by Crippen LogP contribution is -2.44. The average Bonchev–Trinajstić information content (AvgIpc) is 3.30. The quantitative estimate of drug-likeness (QED) is 0.436. The number of carbonyl (C=O) groups excluding carboxylic acids is 2. The molecule has 4 aliphatic heterocycles. The van der Waals surface area contributed by atoms with Gasteiger partial charge in [-0.15, -0.1) is 0 Å². The SMILES string of the molecule is C=C1C[C@@H]2CSC[C@@H]3CC(=O)O[C@@]32C1.C=C1C[C@@H]2CSC[C@@H]3CC(=O)O[C@@]32C1. The summed E-state index contributed by atoms with van der Waals surface area (Å²) in [5.41, 5.74) is 2.30. The Hall–Kier alpha value is -0.880. The number of esters is 2. The van der Waals surface area contributed by atoms with Crippen LogP contribution in [0.2, 0.25) is 0 Å².